The van der Waals surface area contributed by atoms with Gasteiger partial charge in [-0.3, -0.25) is 87.0 Å². The molecule has 3 aliphatic rings. The first-order chi connectivity index (χ1) is 52.4. The average molecular weight is 1590 g/mol. The van der Waals surface area contributed by atoms with Crippen LogP contribution in [0.25, 0.3) is 0 Å². The fourth-order valence-corrected chi connectivity index (χ4v) is 14.3. The fraction of sp³-hybridized carbons (Fsp3) is 0.667. The highest BCUT2D eigenvalue weighted by molar-refractivity contribution is 8.76. The molecule has 0 radical (unpaired) electrons. The lowest BCUT2D eigenvalue weighted by Gasteiger charge is -2.31. The highest BCUT2D eigenvalue weighted by atomic mass is 33.1. The van der Waals surface area contributed by atoms with E-state index in [-0.39, 0.29) is 127 Å². The van der Waals surface area contributed by atoms with Crippen molar-refractivity contribution in [2.75, 3.05) is 70.5 Å². The molecule has 1 aromatic rings. The molecule has 0 bridgehead atoms. The molecule has 0 spiro atoms. The van der Waals surface area contributed by atoms with E-state index in [9.17, 15) is 92.0 Å². The van der Waals surface area contributed by atoms with Crippen LogP contribution in [-0.2, 0) is 83.1 Å². The minimum absolute atomic E-state index is 0.0200. The first-order valence-corrected chi connectivity index (χ1v) is 39.4. The van der Waals surface area contributed by atoms with Crippen LogP contribution in [0.15, 0.2) is 35.3 Å². The van der Waals surface area contributed by atoms with Gasteiger partial charge < -0.3 is 113 Å². The molecule has 0 unspecified atom stereocenters. The largest absolute Gasteiger partial charge is 0.394 e. The van der Waals surface area contributed by atoms with Crippen molar-refractivity contribution < 1.29 is 92.0 Å². The van der Waals surface area contributed by atoms with Gasteiger partial charge in [0, 0.05) is 43.9 Å². The molecule has 26 N–H and O–H groups in total. The minimum atomic E-state index is -1.85. The first-order valence-electron chi connectivity index (χ1n) is 36.9. The van der Waals surface area contributed by atoms with E-state index in [2.05, 4.69) is 74.1 Å². The monoisotopic (exact) mass is 1590 g/mol. The standard InChI is InChI=1S/C69H112N20O19S2/c1-5-37(2)56-66(106)82-45(68(108)89-27-15-22-50(89)51(94)29-71)24-23-41(93)18-10-7-11-19-42(60(100)84-47(34-90)63(103)80-43(62(102)87-56)20-12-13-25-70)76-31-52(95)57(38(3)91)88-65(105)49-36-110-109-35-48(79-54(97)32-77-53(96)30-72)64(104)81-44(21-14-26-75-69(73)74)61(101)83-46(28-40-16-8-6-9-17-40)59(99)78-33-55(98)86-58(39(4)92)67(107)85-49/h6,8-9,16-17,37-39,42-50,56-58,76,90-92H,5,7,10-15,18-36,70-72H2,1-4H3,(H,77,96)(H,78,99)(H,79,97)(H,80,103)(H,81,104)(H,82,106)(H,83,101)(H,84,100)(H,85,107)(H,86,98)(H,87,102)(H,88,105)(H4,73,74,75)/t37-,38+,39+,42-,43-,44-,45-,46-,47-,48-,49-,50-,56-,57-,58-/m0/s1. The van der Waals surface area contributed by atoms with Crippen LogP contribution in [0.3, 0.4) is 0 Å². The SMILES string of the molecule is CC[C@H](C)[C@@H]1NC(=O)[C@H](CCCCN)NC(=O)[C@H](CO)NC(=O)[C@@H](NCC(=O)[C@@H](NC(=O)[C@@H]2CSSC[C@H](NC(=O)CNC(=O)CN)C(=O)N[C@@H](CCCN=C(N)N)C(=O)N[C@@H](Cc3ccccc3)C(=O)NCC(=O)N[C@@H]([C@@H](C)O)C(=O)N2)[C@@H](C)O)CCCCCC(=O)CC[C@@H](C(=O)N2CCC[C@H]2C(=O)CN)NC1=O. The Morgan fingerprint density at radius 3 is 1.90 bits per heavy atom. The molecule has 3 heterocycles. The van der Waals surface area contributed by atoms with Crippen molar-refractivity contribution in [3.8, 4) is 0 Å². The second-order valence-electron chi connectivity index (χ2n) is 27.2. The van der Waals surface area contributed by atoms with E-state index in [1.54, 1.807) is 44.2 Å². The molecule has 0 saturated carbocycles. The Kier molecular flexibility index (Phi) is 41.9. The lowest BCUT2D eigenvalue weighted by atomic mass is 9.96. The summed E-state index contributed by atoms with van der Waals surface area (Å²) in [6.07, 6.45) is -1.73. The maximum Gasteiger partial charge on any atom is 0.245 e. The lowest BCUT2D eigenvalue weighted by molar-refractivity contribution is -0.141. The molecule has 41 heteroatoms. The maximum absolute atomic E-state index is 14.7. The third-order valence-corrected chi connectivity index (χ3v) is 20.9. The Balaban J connectivity index is 1.70. The number of nitrogens with zero attached hydrogens (tertiary/aromatic N) is 2. The van der Waals surface area contributed by atoms with E-state index < -0.39 is 212 Å². The molecule has 3 saturated heterocycles. The molecule has 0 aliphatic carbocycles. The number of nitrogens with two attached hydrogens (primary N) is 5. The van der Waals surface area contributed by atoms with Crippen LogP contribution in [0.5, 0.6) is 0 Å². The van der Waals surface area contributed by atoms with Crippen molar-refractivity contribution in [2.24, 2.45) is 39.6 Å². The van der Waals surface area contributed by atoms with Crippen LogP contribution in [0.1, 0.15) is 130 Å². The minimum Gasteiger partial charge on any atom is -0.394 e. The molecular weight excluding hydrogens is 1480 g/mol. The second-order valence-corrected chi connectivity index (χ2v) is 29.7. The Hall–Kier alpha value is -8.97. The molecule has 3 fully saturated rings. The molecule has 0 aromatic heterocycles. The summed E-state index contributed by atoms with van der Waals surface area (Å²) in [6, 6.07) is -9.58. The molecule has 4 rings (SSSR count). The maximum atomic E-state index is 14.7. The summed E-state index contributed by atoms with van der Waals surface area (Å²) in [4.78, 5) is 229. The zero-order chi connectivity index (χ0) is 81.6. The number of Topliss-reactive ketones (excluding diaryl/α,β-unsaturated/α-hetero) is 3. The van der Waals surface area contributed by atoms with Crippen molar-refractivity contribution >= 4 is 122 Å². The number of aliphatic imine (C=N–C) groups is 1. The Morgan fingerprint density at radius 1 is 0.627 bits per heavy atom. The van der Waals surface area contributed by atoms with Gasteiger partial charge in [0.25, 0.3) is 0 Å². The summed E-state index contributed by atoms with van der Waals surface area (Å²) in [5, 5.41) is 65.7. The van der Waals surface area contributed by atoms with Gasteiger partial charge in [0.05, 0.1) is 63.6 Å². The van der Waals surface area contributed by atoms with E-state index in [4.69, 9.17) is 28.7 Å². The van der Waals surface area contributed by atoms with Gasteiger partial charge in [-0.1, -0.05) is 85.0 Å². The first kappa shape index (κ1) is 93.4. The van der Waals surface area contributed by atoms with Crippen LogP contribution in [-0.4, -0.2) is 276 Å². The zero-order valence-corrected chi connectivity index (χ0v) is 64.2. The number of aliphatic hydroxyl groups is 3. The van der Waals surface area contributed by atoms with Crippen molar-refractivity contribution in [3.05, 3.63) is 35.9 Å². The smallest absolute Gasteiger partial charge is 0.245 e. The van der Waals surface area contributed by atoms with Gasteiger partial charge in [-0.2, -0.15) is 0 Å². The predicted octanol–water partition coefficient (Wildman–Crippen LogP) is -7.99. The highest BCUT2D eigenvalue weighted by Gasteiger charge is 2.41. The highest BCUT2D eigenvalue weighted by Crippen LogP contribution is 2.25. The lowest BCUT2D eigenvalue weighted by Crippen LogP contribution is -2.61. The summed E-state index contributed by atoms with van der Waals surface area (Å²) >= 11 is 0. The number of hydrogen-bond donors (Lipinski definition) is 21. The third kappa shape index (κ3) is 32.2. The van der Waals surface area contributed by atoms with E-state index in [1.165, 1.54) is 4.90 Å². The molecule has 3 aliphatic heterocycles. The molecular formula is C69H112N20O19S2. The van der Waals surface area contributed by atoms with E-state index >= 15 is 0 Å². The molecule has 614 valence electrons. The molecule has 15 atom stereocenters. The van der Waals surface area contributed by atoms with Crippen LogP contribution < -0.4 is 97.8 Å². The third-order valence-electron chi connectivity index (χ3n) is 18.5. The van der Waals surface area contributed by atoms with Gasteiger partial charge in [0.1, 0.15) is 66.2 Å². The number of unbranched alkanes of at least 4 members (excludes halogenated alkanes) is 1. The zero-order valence-electron chi connectivity index (χ0n) is 62.6. The Labute approximate surface area is 646 Å². The number of nitrogens with one attached hydrogen (secondary N) is 13. The molecule has 39 nitrogen and oxygen atoms in total. The average Bonchev–Trinajstić information content (AvgIpc) is 1.63. The Morgan fingerprint density at radius 2 is 1.25 bits per heavy atom. The van der Waals surface area contributed by atoms with Crippen LogP contribution in [0.2, 0.25) is 0 Å². The topological polar surface area (TPSA) is 636 Å². The number of carbonyl (C=O) groups excluding carboxylic acids is 16. The molecule has 110 heavy (non-hydrogen) atoms. The van der Waals surface area contributed by atoms with Gasteiger partial charge >= 0.3 is 0 Å². The fourth-order valence-electron chi connectivity index (χ4n) is 12.0. The number of carbonyl (C=O) groups is 16. The van der Waals surface area contributed by atoms with Gasteiger partial charge in [0.2, 0.25) is 76.8 Å². The number of likely N-dealkylation sites (tertiary alicyclic amines) is 1. The van der Waals surface area contributed by atoms with Gasteiger partial charge in [-0.25, -0.2) is 0 Å². The predicted molar refractivity (Wildman–Crippen MR) is 405 cm³/mol. The van der Waals surface area contributed by atoms with Crippen LogP contribution in [0.4, 0.5) is 0 Å². The van der Waals surface area contributed by atoms with Gasteiger partial charge in [-0.15, -0.1) is 0 Å². The van der Waals surface area contributed by atoms with Crippen molar-refractivity contribution in [1.29, 1.82) is 0 Å². The Bertz CT molecular complexity index is 3340. The summed E-state index contributed by atoms with van der Waals surface area (Å²) in [7, 11) is 1.64. The number of amides is 13. The van der Waals surface area contributed by atoms with Crippen LogP contribution in [0, 0.1) is 5.92 Å². The molecule has 13 amide bonds. The number of hydrogen-bond acceptors (Lipinski definition) is 26. The second kappa shape index (κ2) is 49.3. The summed E-state index contributed by atoms with van der Waals surface area (Å²) < 4.78 is 0. The number of aliphatic hydroxyl groups excluding tert-OH is 3. The van der Waals surface area contributed by atoms with E-state index in [0.29, 0.717) is 31.2 Å². The summed E-state index contributed by atoms with van der Waals surface area (Å²) in [5.41, 5.74) is 28.5. The van der Waals surface area contributed by atoms with Gasteiger partial charge in [0.15, 0.2) is 17.5 Å². The number of rotatable bonds is 28. The summed E-state index contributed by atoms with van der Waals surface area (Å²) in [5.74, 6) is -15.4. The number of benzene rings is 1. The van der Waals surface area contributed by atoms with Crippen LogP contribution >= 0.6 is 21.6 Å². The summed E-state index contributed by atoms with van der Waals surface area (Å²) in [6.45, 7) is 1.88. The quantitative estimate of drug-likeness (QED) is 0.0160. The van der Waals surface area contributed by atoms with Crippen molar-refractivity contribution in [1.82, 2.24) is 74.0 Å². The molecule has 1 aromatic carbocycles. The van der Waals surface area contributed by atoms with E-state index in [0.717, 1.165) is 35.4 Å². The number of guanidine groups is 1. The number of ketones is 3. The van der Waals surface area contributed by atoms with E-state index in [1.807, 2.05) is 0 Å². The van der Waals surface area contributed by atoms with Crippen molar-refractivity contribution in [3.63, 3.8) is 0 Å². The van der Waals surface area contributed by atoms with Gasteiger partial charge in [-0.05, 0) is 96.1 Å². The normalized spacial score (nSPS) is 25.1. The van der Waals surface area contributed by atoms with Crippen molar-refractivity contribution in [2.45, 2.75) is 215 Å².